The van der Waals surface area contributed by atoms with Gasteiger partial charge in [0.05, 0.1) is 12.6 Å². The summed E-state index contributed by atoms with van der Waals surface area (Å²) in [5.74, 6) is 0.910. The molecule has 0 radical (unpaired) electrons. The first-order valence-electron chi connectivity index (χ1n) is 7.67. The monoisotopic (exact) mass is 311 g/mol. The van der Waals surface area contributed by atoms with Crippen LogP contribution in [0.1, 0.15) is 37.1 Å². The van der Waals surface area contributed by atoms with E-state index in [-0.39, 0.29) is 12.1 Å². The van der Waals surface area contributed by atoms with E-state index >= 15 is 0 Å². The van der Waals surface area contributed by atoms with Gasteiger partial charge in [0.25, 0.3) is 0 Å². The number of carbonyl (C=O) groups is 1. The highest BCUT2D eigenvalue weighted by molar-refractivity contribution is 7.11. The minimum absolute atomic E-state index is 0.127. The van der Waals surface area contributed by atoms with Crippen LogP contribution in [0, 0.1) is 11.8 Å². The van der Waals surface area contributed by atoms with E-state index in [1.807, 2.05) is 6.20 Å². The van der Waals surface area contributed by atoms with E-state index in [1.165, 1.54) is 4.88 Å². The largest absolute Gasteiger partial charge is 0.378 e. The summed E-state index contributed by atoms with van der Waals surface area (Å²) in [4.78, 5) is 17.4. The van der Waals surface area contributed by atoms with E-state index in [1.54, 1.807) is 11.3 Å². The zero-order chi connectivity index (χ0) is 15.2. The first-order valence-corrected chi connectivity index (χ1v) is 8.48. The van der Waals surface area contributed by atoms with Crippen LogP contribution in [0.25, 0.3) is 0 Å². The van der Waals surface area contributed by atoms with Crippen molar-refractivity contribution in [1.29, 1.82) is 0 Å². The molecule has 0 aliphatic carbocycles. The lowest BCUT2D eigenvalue weighted by atomic mass is 9.93. The number of nitrogens with one attached hydrogen (secondary N) is 2. The van der Waals surface area contributed by atoms with Crippen LogP contribution in [0.15, 0.2) is 6.20 Å². The molecule has 1 saturated heterocycles. The van der Waals surface area contributed by atoms with Gasteiger partial charge in [0.2, 0.25) is 0 Å². The predicted molar refractivity (Wildman–Crippen MR) is 84.4 cm³/mol. The summed E-state index contributed by atoms with van der Waals surface area (Å²) in [5, 5.41) is 6.76. The zero-order valence-electron chi connectivity index (χ0n) is 13.0. The molecule has 1 aromatic rings. The average Bonchev–Trinajstić information content (AvgIpc) is 3.11. The van der Waals surface area contributed by atoms with Crippen molar-refractivity contribution in [1.82, 2.24) is 15.6 Å². The van der Waals surface area contributed by atoms with Crippen molar-refractivity contribution in [2.45, 2.75) is 46.3 Å². The molecular weight excluding hydrogens is 286 g/mol. The average molecular weight is 311 g/mol. The number of aromatic nitrogens is 1. The number of aryl methyl sites for hydroxylation is 1. The van der Waals surface area contributed by atoms with Gasteiger partial charge in [0.15, 0.2) is 0 Å². The number of hydrogen-bond acceptors (Lipinski definition) is 4. The molecule has 0 saturated carbocycles. The van der Waals surface area contributed by atoms with Crippen molar-refractivity contribution in [3.05, 3.63) is 16.1 Å². The molecule has 5 nitrogen and oxygen atoms in total. The summed E-state index contributed by atoms with van der Waals surface area (Å²) < 4.78 is 5.72. The van der Waals surface area contributed by atoms with Gasteiger partial charge < -0.3 is 15.4 Å². The van der Waals surface area contributed by atoms with E-state index < -0.39 is 0 Å². The Morgan fingerprint density at radius 1 is 1.52 bits per heavy atom. The Morgan fingerprint density at radius 2 is 2.33 bits per heavy atom. The van der Waals surface area contributed by atoms with Crippen LogP contribution >= 0.6 is 11.3 Å². The molecule has 21 heavy (non-hydrogen) atoms. The number of rotatable bonds is 6. The van der Waals surface area contributed by atoms with Gasteiger partial charge in [0.1, 0.15) is 5.01 Å². The molecule has 0 aromatic carbocycles. The van der Waals surface area contributed by atoms with Crippen LogP contribution in [0.2, 0.25) is 0 Å². The van der Waals surface area contributed by atoms with Crippen LogP contribution < -0.4 is 10.6 Å². The lowest BCUT2D eigenvalue weighted by Crippen LogP contribution is -2.40. The molecule has 1 aliphatic rings. The summed E-state index contributed by atoms with van der Waals surface area (Å²) in [6.07, 6.45) is 4.15. The molecule has 1 fully saturated rings. The van der Waals surface area contributed by atoms with E-state index in [0.717, 1.165) is 24.5 Å². The highest BCUT2D eigenvalue weighted by atomic mass is 32.1. The molecule has 2 N–H and O–H groups in total. The summed E-state index contributed by atoms with van der Waals surface area (Å²) in [6, 6.07) is -0.127. The quantitative estimate of drug-likeness (QED) is 0.848. The van der Waals surface area contributed by atoms with Gasteiger partial charge in [-0.2, -0.15) is 0 Å². The minimum Gasteiger partial charge on any atom is -0.378 e. The fraction of sp³-hybridized carbons (Fsp3) is 0.733. The highest BCUT2D eigenvalue weighted by Gasteiger charge is 2.30. The fourth-order valence-electron chi connectivity index (χ4n) is 2.65. The van der Waals surface area contributed by atoms with Gasteiger partial charge in [-0.05, 0) is 18.8 Å². The lowest BCUT2D eigenvalue weighted by Gasteiger charge is -2.22. The Labute approximate surface area is 130 Å². The summed E-state index contributed by atoms with van der Waals surface area (Å²) in [7, 11) is 0. The number of carbonyl (C=O) groups excluding carboxylic acids is 1. The van der Waals surface area contributed by atoms with Gasteiger partial charge in [-0.25, -0.2) is 9.78 Å². The maximum Gasteiger partial charge on any atom is 0.315 e. The Balaban J connectivity index is 1.70. The van der Waals surface area contributed by atoms with Gasteiger partial charge in [-0.1, -0.05) is 20.8 Å². The Morgan fingerprint density at radius 3 is 3.00 bits per heavy atom. The minimum atomic E-state index is -0.127. The van der Waals surface area contributed by atoms with Crippen LogP contribution in [0.5, 0.6) is 0 Å². The Bertz CT molecular complexity index is 462. The number of thiazole rings is 1. The van der Waals surface area contributed by atoms with Gasteiger partial charge in [0, 0.05) is 30.1 Å². The molecule has 0 bridgehead atoms. The van der Waals surface area contributed by atoms with Crippen molar-refractivity contribution < 1.29 is 9.53 Å². The normalized spacial score (nSPS) is 21.7. The van der Waals surface area contributed by atoms with Gasteiger partial charge >= 0.3 is 6.03 Å². The summed E-state index contributed by atoms with van der Waals surface area (Å²) in [6.45, 7) is 8.40. The molecule has 2 heterocycles. The molecule has 2 atom stereocenters. The maximum atomic E-state index is 11.8. The van der Waals surface area contributed by atoms with E-state index in [2.05, 4.69) is 36.4 Å². The first kappa shape index (κ1) is 16.2. The Hall–Kier alpha value is -1.14. The second kappa shape index (κ2) is 7.75. The first-order chi connectivity index (χ1) is 10.1. The summed E-state index contributed by atoms with van der Waals surface area (Å²) >= 11 is 1.65. The predicted octanol–water partition coefficient (Wildman–Crippen LogP) is 2.57. The third-order valence-corrected chi connectivity index (χ3v) is 4.94. The number of hydrogen-bond donors (Lipinski definition) is 2. The van der Waals surface area contributed by atoms with Crippen molar-refractivity contribution in [3.8, 4) is 0 Å². The smallest absolute Gasteiger partial charge is 0.315 e. The number of ether oxygens (including phenoxy) is 1. The van der Waals surface area contributed by atoms with E-state index in [4.69, 9.17) is 4.74 Å². The molecule has 0 spiro atoms. The van der Waals surface area contributed by atoms with Crippen molar-refractivity contribution >= 4 is 17.4 Å². The fourth-order valence-corrected chi connectivity index (χ4v) is 3.45. The van der Waals surface area contributed by atoms with E-state index in [0.29, 0.717) is 24.9 Å². The Kier molecular flexibility index (Phi) is 5.99. The standard InChI is InChI=1S/C15H25N3O2S/c1-4-12-8-16-13(21-12)9-18-15(19)17-7-11-5-6-20-14(11)10(2)3/h8,10-11,14H,4-7,9H2,1-3H3,(H2,17,18,19). The molecule has 1 aliphatic heterocycles. The molecule has 118 valence electrons. The van der Waals surface area contributed by atoms with Gasteiger partial charge in [-0.3, -0.25) is 0 Å². The highest BCUT2D eigenvalue weighted by Crippen LogP contribution is 2.26. The van der Waals surface area contributed by atoms with Crippen LogP contribution in [-0.2, 0) is 17.7 Å². The molecule has 1 aromatic heterocycles. The van der Waals surface area contributed by atoms with Gasteiger partial charge in [-0.15, -0.1) is 11.3 Å². The molecule has 6 heteroatoms. The second-order valence-corrected chi connectivity index (χ2v) is 6.97. The lowest BCUT2D eigenvalue weighted by molar-refractivity contribution is 0.0545. The molecular formula is C15H25N3O2S. The van der Waals surface area contributed by atoms with E-state index in [9.17, 15) is 4.79 Å². The number of amides is 2. The topological polar surface area (TPSA) is 63.2 Å². The number of urea groups is 1. The summed E-state index contributed by atoms with van der Waals surface area (Å²) in [5.41, 5.74) is 0. The van der Waals surface area contributed by atoms with Crippen LogP contribution in [0.4, 0.5) is 4.79 Å². The zero-order valence-corrected chi connectivity index (χ0v) is 13.8. The van der Waals surface area contributed by atoms with Crippen molar-refractivity contribution in [3.63, 3.8) is 0 Å². The maximum absolute atomic E-state index is 11.8. The third kappa shape index (κ3) is 4.68. The molecule has 2 rings (SSSR count). The SMILES string of the molecule is CCc1cnc(CNC(=O)NCC2CCOC2C(C)C)s1. The molecule has 2 unspecified atom stereocenters. The van der Waals surface area contributed by atoms with Crippen LogP contribution in [0.3, 0.4) is 0 Å². The molecule has 2 amide bonds. The van der Waals surface area contributed by atoms with Crippen LogP contribution in [-0.4, -0.2) is 30.3 Å². The van der Waals surface area contributed by atoms with Crippen molar-refractivity contribution in [2.75, 3.05) is 13.2 Å². The third-order valence-electron chi connectivity index (χ3n) is 3.80. The number of nitrogens with zero attached hydrogens (tertiary/aromatic N) is 1. The second-order valence-electron chi connectivity index (χ2n) is 5.77. The van der Waals surface area contributed by atoms with Crippen molar-refractivity contribution in [2.24, 2.45) is 11.8 Å².